The van der Waals surface area contributed by atoms with Crippen molar-refractivity contribution in [1.29, 1.82) is 0 Å². The van der Waals surface area contributed by atoms with Crippen LogP contribution in [0.1, 0.15) is 24.0 Å². The van der Waals surface area contributed by atoms with E-state index in [1.165, 1.54) is 0 Å². The fourth-order valence-electron chi connectivity index (χ4n) is 2.60. The number of hydrogen-bond acceptors (Lipinski definition) is 2. The smallest absolute Gasteiger partial charge is 0.319 e. The van der Waals surface area contributed by atoms with Crippen molar-refractivity contribution in [2.75, 3.05) is 11.4 Å². The van der Waals surface area contributed by atoms with Crippen LogP contribution in [0.4, 0.5) is 5.69 Å². The van der Waals surface area contributed by atoms with Crippen LogP contribution in [0.2, 0.25) is 0 Å². The molecule has 0 atom stereocenters. The molecule has 1 amide bonds. The lowest BCUT2D eigenvalue weighted by atomic mass is 10.1. The van der Waals surface area contributed by atoms with E-state index in [9.17, 15) is 14.7 Å². The minimum absolute atomic E-state index is 0.237. The summed E-state index contributed by atoms with van der Waals surface area (Å²) in [4.78, 5) is 25.3. The van der Waals surface area contributed by atoms with Crippen molar-refractivity contribution in [2.45, 2.75) is 26.2 Å². The molecule has 1 heterocycles. The molecule has 0 bridgehead atoms. The predicted octanol–water partition coefficient (Wildman–Crippen LogP) is 1.75. The Morgan fingerprint density at radius 2 is 2.06 bits per heavy atom. The van der Waals surface area contributed by atoms with E-state index in [-0.39, 0.29) is 5.91 Å². The number of fused-ring (bicyclic) bond motifs is 1. The average molecular weight is 245 g/mol. The summed E-state index contributed by atoms with van der Waals surface area (Å²) in [6.45, 7) is 2.58. The second kappa shape index (κ2) is 3.57. The first kappa shape index (κ1) is 11.3. The Morgan fingerprint density at radius 1 is 1.33 bits per heavy atom. The maximum atomic E-state index is 12.4. The van der Waals surface area contributed by atoms with Gasteiger partial charge < -0.3 is 10.0 Å². The van der Waals surface area contributed by atoms with E-state index in [0.29, 0.717) is 19.4 Å². The highest BCUT2D eigenvalue weighted by Gasteiger charge is 2.59. The topological polar surface area (TPSA) is 57.6 Å². The molecule has 4 nitrogen and oxygen atoms in total. The van der Waals surface area contributed by atoms with Crippen LogP contribution in [0.15, 0.2) is 18.2 Å². The molecule has 18 heavy (non-hydrogen) atoms. The van der Waals surface area contributed by atoms with Crippen molar-refractivity contribution in [2.24, 2.45) is 5.41 Å². The molecule has 4 heteroatoms. The summed E-state index contributed by atoms with van der Waals surface area (Å²) in [5.74, 6) is -1.21. The Kier molecular flexibility index (Phi) is 2.24. The average Bonchev–Trinajstić information content (AvgIpc) is 3.04. The highest BCUT2D eigenvalue weighted by Crippen LogP contribution is 2.49. The number of carboxylic acids is 1. The highest BCUT2D eigenvalue weighted by atomic mass is 16.4. The van der Waals surface area contributed by atoms with Crippen LogP contribution in [0.3, 0.4) is 0 Å². The molecular weight excluding hydrogens is 230 g/mol. The van der Waals surface area contributed by atoms with E-state index in [1.807, 2.05) is 25.1 Å². The van der Waals surface area contributed by atoms with Gasteiger partial charge in [0.1, 0.15) is 5.41 Å². The Labute approximate surface area is 105 Å². The predicted molar refractivity (Wildman–Crippen MR) is 66.5 cm³/mol. The molecule has 1 aromatic rings. The van der Waals surface area contributed by atoms with E-state index < -0.39 is 11.4 Å². The summed E-state index contributed by atoms with van der Waals surface area (Å²) in [5.41, 5.74) is 1.99. The number of hydrogen-bond donors (Lipinski definition) is 1. The van der Waals surface area contributed by atoms with Crippen LogP contribution in [-0.2, 0) is 16.0 Å². The molecule has 2 aliphatic rings. The SMILES string of the molecule is Cc1ccc2c(c1)N(C(=O)C1(C(=O)O)CC1)CC2. The van der Waals surface area contributed by atoms with Gasteiger partial charge in [-0.1, -0.05) is 12.1 Å². The van der Waals surface area contributed by atoms with Gasteiger partial charge in [0.05, 0.1) is 0 Å². The Balaban J connectivity index is 1.95. The Morgan fingerprint density at radius 3 is 2.67 bits per heavy atom. The summed E-state index contributed by atoms with van der Waals surface area (Å²) >= 11 is 0. The lowest BCUT2D eigenvalue weighted by molar-refractivity contribution is -0.148. The number of anilines is 1. The van der Waals surface area contributed by atoms with Crippen LogP contribution in [0.25, 0.3) is 0 Å². The van der Waals surface area contributed by atoms with Crippen LogP contribution in [-0.4, -0.2) is 23.5 Å². The number of nitrogens with zero attached hydrogens (tertiary/aromatic N) is 1. The molecule has 0 unspecified atom stereocenters. The van der Waals surface area contributed by atoms with Crippen molar-refractivity contribution in [3.63, 3.8) is 0 Å². The van der Waals surface area contributed by atoms with E-state index in [2.05, 4.69) is 0 Å². The Bertz CT molecular complexity index is 546. The molecule has 0 saturated heterocycles. The second-order valence-corrected chi connectivity index (χ2v) is 5.23. The van der Waals surface area contributed by atoms with Crippen LogP contribution < -0.4 is 4.90 Å². The van der Waals surface area contributed by atoms with E-state index in [4.69, 9.17) is 0 Å². The first-order valence-corrected chi connectivity index (χ1v) is 6.19. The maximum absolute atomic E-state index is 12.4. The van der Waals surface area contributed by atoms with Gasteiger partial charge in [-0.15, -0.1) is 0 Å². The molecule has 94 valence electrons. The highest BCUT2D eigenvalue weighted by molar-refractivity contribution is 6.12. The van der Waals surface area contributed by atoms with Crippen LogP contribution in [0, 0.1) is 12.3 Å². The molecule has 1 aromatic carbocycles. The third-order valence-corrected chi connectivity index (χ3v) is 3.95. The normalized spacial score (nSPS) is 19.5. The molecule has 1 aliphatic heterocycles. The minimum atomic E-state index is -1.13. The van der Waals surface area contributed by atoms with Gasteiger partial charge in [0.2, 0.25) is 5.91 Å². The number of aliphatic carboxylic acids is 1. The minimum Gasteiger partial charge on any atom is -0.480 e. The first-order chi connectivity index (χ1) is 8.54. The molecule has 1 N–H and O–H groups in total. The van der Waals surface area contributed by atoms with Gasteiger partial charge in [-0.25, -0.2) is 0 Å². The van der Waals surface area contributed by atoms with Crippen LogP contribution >= 0.6 is 0 Å². The lowest BCUT2D eigenvalue weighted by Gasteiger charge is -2.21. The van der Waals surface area contributed by atoms with Crippen LogP contribution in [0.5, 0.6) is 0 Å². The van der Waals surface area contributed by atoms with E-state index in [0.717, 1.165) is 23.2 Å². The molecule has 1 aliphatic carbocycles. The third-order valence-electron chi connectivity index (χ3n) is 3.95. The zero-order valence-corrected chi connectivity index (χ0v) is 10.3. The van der Waals surface area contributed by atoms with Crippen molar-refractivity contribution in [3.05, 3.63) is 29.3 Å². The third kappa shape index (κ3) is 1.45. The molecule has 1 saturated carbocycles. The van der Waals surface area contributed by atoms with Gasteiger partial charge in [0.25, 0.3) is 0 Å². The number of benzene rings is 1. The van der Waals surface area contributed by atoms with Crippen molar-refractivity contribution in [1.82, 2.24) is 0 Å². The zero-order valence-electron chi connectivity index (χ0n) is 10.3. The molecule has 0 aromatic heterocycles. The second-order valence-electron chi connectivity index (χ2n) is 5.23. The van der Waals surface area contributed by atoms with E-state index in [1.54, 1.807) is 4.90 Å². The number of rotatable bonds is 2. The van der Waals surface area contributed by atoms with Gasteiger partial charge in [-0.05, 0) is 43.4 Å². The standard InChI is InChI=1S/C14H15NO3/c1-9-2-3-10-4-7-15(11(10)8-9)12(16)14(5-6-14)13(17)18/h2-3,8H,4-7H2,1H3,(H,17,18). The summed E-state index contributed by atoms with van der Waals surface area (Å²) in [5, 5.41) is 9.19. The molecule has 0 radical (unpaired) electrons. The molecular formula is C14H15NO3. The fourth-order valence-corrected chi connectivity index (χ4v) is 2.60. The van der Waals surface area contributed by atoms with Gasteiger partial charge in [0, 0.05) is 12.2 Å². The number of aryl methyl sites for hydroxylation is 1. The molecule has 3 rings (SSSR count). The summed E-state index contributed by atoms with van der Waals surface area (Å²) in [6.07, 6.45) is 1.76. The van der Waals surface area contributed by atoms with Gasteiger partial charge >= 0.3 is 5.97 Å². The van der Waals surface area contributed by atoms with Gasteiger partial charge in [0.15, 0.2) is 0 Å². The van der Waals surface area contributed by atoms with Crippen molar-refractivity contribution < 1.29 is 14.7 Å². The maximum Gasteiger partial charge on any atom is 0.319 e. The monoisotopic (exact) mass is 245 g/mol. The largest absolute Gasteiger partial charge is 0.480 e. The zero-order chi connectivity index (χ0) is 12.9. The summed E-state index contributed by atoms with van der Waals surface area (Å²) < 4.78 is 0. The number of carbonyl (C=O) groups is 2. The number of amides is 1. The van der Waals surface area contributed by atoms with Gasteiger partial charge in [-0.3, -0.25) is 9.59 Å². The molecule has 0 spiro atoms. The number of carbonyl (C=O) groups excluding carboxylic acids is 1. The van der Waals surface area contributed by atoms with E-state index >= 15 is 0 Å². The molecule has 1 fully saturated rings. The quantitative estimate of drug-likeness (QED) is 0.807. The van der Waals surface area contributed by atoms with Crippen molar-refractivity contribution in [3.8, 4) is 0 Å². The first-order valence-electron chi connectivity index (χ1n) is 6.19. The lowest BCUT2D eigenvalue weighted by Crippen LogP contribution is -2.40. The fraction of sp³-hybridized carbons (Fsp3) is 0.429. The summed E-state index contributed by atoms with van der Waals surface area (Å²) in [7, 11) is 0. The Hall–Kier alpha value is -1.84. The van der Waals surface area contributed by atoms with Crippen molar-refractivity contribution >= 4 is 17.6 Å². The van der Waals surface area contributed by atoms with Gasteiger partial charge in [-0.2, -0.15) is 0 Å². The summed E-state index contributed by atoms with van der Waals surface area (Å²) in [6, 6.07) is 6.02. The number of carboxylic acid groups (broad SMARTS) is 1.